The molecule has 2 heterocycles. The van der Waals surface area contributed by atoms with E-state index < -0.39 is 0 Å². The summed E-state index contributed by atoms with van der Waals surface area (Å²) >= 11 is 0. The second-order valence-electron chi connectivity index (χ2n) is 6.36. The van der Waals surface area contributed by atoms with Gasteiger partial charge in [-0.25, -0.2) is 0 Å². The zero-order valence-corrected chi connectivity index (χ0v) is 13.0. The summed E-state index contributed by atoms with van der Waals surface area (Å²) in [6, 6.07) is 11.3. The number of hydrogen-bond donors (Lipinski definition) is 0. The number of nitriles is 1. The molecule has 0 spiro atoms. The Labute approximate surface area is 129 Å². The molecule has 3 rings (SSSR count). The molecule has 1 aliphatic rings. The molecule has 0 saturated heterocycles. The molecule has 0 saturated carbocycles. The highest BCUT2D eigenvalue weighted by atomic mass is 16.5. The van der Waals surface area contributed by atoms with E-state index in [4.69, 9.17) is 10.00 Å². The molecule has 112 valence electrons. The number of rotatable bonds is 1. The summed E-state index contributed by atoms with van der Waals surface area (Å²) < 4.78 is 7.61. The lowest BCUT2D eigenvalue weighted by molar-refractivity contribution is 0.0772. The van der Waals surface area contributed by atoms with Crippen molar-refractivity contribution in [1.82, 2.24) is 4.57 Å². The quantitative estimate of drug-likeness (QED) is 0.812. The number of hydrogen-bond acceptors (Lipinski definition) is 3. The molecule has 0 fully saturated rings. The lowest BCUT2D eigenvalue weighted by atomic mass is 9.80. The highest BCUT2D eigenvalue weighted by Crippen LogP contribution is 2.43. The zero-order valence-electron chi connectivity index (χ0n) is 13.0. The highest BCUT2D eigenvalue weighted by Gasteiger charge is 2.35. The second-order valence-corrected chi connectivity index (χ2v) is 6.36. The van der Waals surface area contributed by atoms with Crippen molar-refractivity contribution >= 4 is 0 Å². The van der Waals surface area contributed by atoms with Crippen LogP contribution in [0.2, 0.25) is 0 Å². The fraction of sp³-hybridized carbons (Fsp3) is 0.333. The Balaban J connectivity index is 2.22. The van der Waals surface area contributed by atoms with Gasteiger partial charge in [-0.15, -0.1) is 0 Å². The van der Waals surface area contributed by atoms with Crippen LogP contribution in [0.5, 0.6) is 5.75 Å². The van der Waals surface area contributed by atoms with Gasteiger partial charge in [-0.2, -0.15) is 5.26 Å². The molecule has 0 aliphatic carbocycles. The van der Waals surface area contributed by atoms with Crippen LogP contribution in [0.4, 0.5) is 0 Å². The number of nitrogens with zero attached hydrogens (tertiary/aromatic N) is 2. The number of benzene rings is 1. The standard InChI is InChI=1S/C18H18N2O2/c1-18(2)10-15(13-5-4-8-20(3)17(13)21)14-9-12(11-19)6-7-16(14)22-18/h4-9,15H,10H2,1-3H3. The molecule has 1 aliphatic heterocycles. The Bertz CT molecular complexity index is 828. The molecule has 1 aromatic heterocycles. The maximum atomic E-state index is 12.5. The first-order chi connectivity index (χ1) is 10.4. The fourth-order valence-corrected chi connectivity index (χ4v) is 3.09. The van der Waals surface area contributed by atoms with Crippen LogP contribution in [0, 0.1) is 11.3 Å². The number of ether oxygens (including phenoxy) is 1. The molecule has 0 amide bonds. The summed E-state index contributed by atoms with van der Waals surface area (Å²) in [7, 11) is 1.75. The third-order valence-electron chi connectivity index (χ3n) is 4.12. The smallest absolute Gasteiger partial charge is 0.254 e. The average Bonchev–Trinajstić information content (AvgIpc) is 2.48. The zero-order chi connectivity index (χ0) is 15.9. The maximum Gasteiger partial charge on any atom is 0.254 e. The van der Waals surface area contributed by atoms with Crippen LogP contribution in [0.15, 0.2) is 41.3 Å². The van der Waals surface area contributed by atoms with Gasteiger partial charge in [0.1, 0.15) is 11.4 Å². The first-order valence-electron chi connectivity index (χ1n) is 7.30. The summed E-state index contributed by atoms with van der Waals surface area (Å²) in [4.78, 5) is 12.5. The summed E-state index contributed by atoms with van der Waals surface area (Å²) in [6.45, 7) is 4.04. The van der Waals surface area contributed by atoms with Crippen molar-refractivity contribution in [3.8, 4) is 11.8 Å². The lowest BCUT2D eigenvalue weighted by Crippen LogP contribution is -2.37. The van der Waals surface area contributed by atoms with Gasteiger partial charge >= 0.3 is 0 Å². The van der Waals surface area contributed by atoms with E-state index >= 15 is 0 Å². The molecule has 1 unspecified atom stereocenters. The summed E-state index contributed by atoms with van der Waals surface area (Å²) in [5.74, 6) is 0.693. The topological polar surface area (TPSA) is 55.0 Å². The van der Waals surface area contributed by atoms with Gasteiger partial charge in [0.2, 0.25) is 0 Å². The van der Waals surface area contributed by atoms with E-state index in [9.17, 15) is 4.79 Å². The molecule has 22 heavy (non-hydrogen) atoms. The Morgan fingerprint density at radius 3 is 2.82 bits per heavy atom. The van der Waals surface area contributed by atoms with E-state index in [0.29, 0.717) is 12.0 Å². The monoisotopic (exact) mass is 294 g/mol. The predicted molar refractivity (Wildman–Crippen MR) is 84.0 cm³/mol. The predicted octanol–water partition coefficient (Wildman–Crippen LogP) is 2.95. The van der Waals surface area contributed by atoms with Crippen molar-refractivity contribution < 1.29 is 4.74 Å². The van der Waals surface area contributed by atoms with Crippen LogP contribution in [-0.2, 0) is 7.05 Å². The van der Waals surface area contributed by atoms with Gasteiger partial charge in [0.15, 0.2) is 0 Å². The third kappa shape index (κ3) is 2.39. The highest BCUT2D eigenvalue weighted by molar-refractivity contribution is 5.49. The molecule has 0 radical (unpaired) electrons. The lowest BCUT2D eigenvalue weighted by Gasteiger charge is -2.37. The van der Waals surface area contributed by atoms with E-state index in [-0.39, 0.29) is 17.1 Å². The van der Waals surface area contributed by atoms with Crippen LogP contribution in [-0.4, -0.2) is 10.2 Å². The summed E-state index contributed by atoms with van der Waals surface area (Å²) in [5, 5.41) is 9.14. The summed E-state index contributed by atoms with van der Waals surface area (Å²) in [6.07, 6.45) is 2.46. The van der Waals surface area contributed by atoms with Crippen molar-refractivity contribution in [3.05, 3.63) is 63.6 Å². The first kappa shape index (κ1) is 14.4. The van der Waals surface area contributed by atoms with Crippen molar-refractivity contribution in [3.63, 3.8) is 0 Å². The molecule has 2 aromatic rings. The van der Waals surface area contributed by atoms with Crippen molar-refractivity contribution in [2.24, 2.45) is 7.05 Å². The van der Waals surface area contributed by atoms with Gasteiger partial charge in [-0.05, 0) is 44.5 Å². The minimum atomic E-state index is -0.354. The van der Waals surface area contributed by atoms with E-state index in [1.807, 2.05) is 38.1 Å². The summed E-state index contributed by atoms with van der Waals surface area (Å²) in [5.41, 5.74) is 1.89. The van der Waals surface area contributed by atoms with Crippen molar-refractivity contribution in [2.75, 3.05) is 0 Å². The molecular weight excluding hydrogens is 276 g/mol. The van der Waals surface area contributed by atoms with Crippen LogP contribution in [0.1, 0.15) is 42.9 Å². The molecule has 0 N–H and O–H groups in total. The number of pyridine rings is 1. The van der Waals surface area contributed by atoms with E-state index in [2.05, 4.69) is 6.07 Å². The van der Waals surface area contributed by atoms with Crippen LogP contribution >= 0.6 is 0 Å². The second kappa shape index (κ2) is 5.03. The first-order valence-corrected chi connectivity index (χ1v) is 7.30. The number of aryl methyl sites for hydroxylation is 1. The Morgan fingerprint density at radius 2 is 2.09 bits per heavy atom. The molecule has 1 atom stereocenters. The molecular formula is C18H18N2O2. The SMILES string of the molecule is Cn1cccc(C2CC(C)(C)Oc3ccc(C#N)cc32)c1=O. The Kier molecular flexibility index (Phi) is 3.29. The van der Waals surface area contributed by atoms with E-state index in [1.54, 1.807) is 23.9 Å². The largest absolute Gasteiger partial charge is 0.488 e. The Morgan fingerprint density at radius 1 is 1.32 bits per heavy atom. The van der Waals surface area contributed by atoms with E-state index in [1.165, 1.54) is 0 Å². The molecule has 4 nitrogen and oxygen atoms in total. The fourth-order valence-electron chi connectivity index (χ4n) is 3.09. The van der Waals surface area contributed by atoms with Gasteiger partial charge in [0, 0.05) is 30.3 Å². The van der Waals surface area contributed by atoms with Gasteiger partial charge in [0.25, 0.3) is 5.56 Å². The number of fused-ring (bicyclic) bond motifs is 1. The van der Waals surface area contributed by atoms with Crippen LogP contribution in [0.25, 0.3) is 0 Å². The van der Waals surface area contributed by atoms with Gasteiger partial charge in [-0.3, -0.25) is 4.79 Å². The normalized spacial score (nSPS) is 18.9. The Hall–Kier alpha value is -2.54. The molecule has 0 bridgehead atoms. The number of aromatic nitrogens is 1. The van der Waals surface area contributed by atoms with Gasteiger partial charge < -0.3 is 9.30 Å². The minimum Gasteiger partial charge on any atom is -0.488 e. The van der Waals surface area contributed by atoms with Crippen molar-refractivity contribution in [2.45, 2.75) is 31.8 Å². The van der Waals surface area contributed by atoms with E-state index in [0.717, 1.165) is 16.9 Å². The average molecular weight is 294 g/mol. The van der Waals surface area contributed by atoms with Crippen molar-refractivity contribution in [1.29, 1.82) is 5.26 Å². The molecule has 4 heteroatoms. The van der Waals surface area contributed by atoms with Crippen LogP contribution < -0.4 is 10.3 Å². The molecule has 1 aromatic carbocycles. The van der Waals surface area contributed by atoms with Gasteiger partial charge in [0.05, 0.1) is 11.6 Å². The van der Waals surface area contributed by atoms with Crippen LogP contribution in [0.3, 0.4) is 0 Å². The third-order valence-corrected chi connectivity index (χ3v) is 4.12. The maximum absolute atomic E-state index is 12.5. The minimum absolute atomic E-state index is 0.00138. The van der Waals surface area contributed by atoms with Gasteiger partial charge in [-0.1, -0.05) is 6.07 Å².